The molecule has 0 fully saturated rings. The predicted molar refractivity (Wildman–Crippen MR) is 165 cm³/mol. The minimum Gasteiger partial charge on any atom is -0.492 e. The van der Waals surface area contributed by atoms with Crippen LogP contribution in [0.15, 0.2) is 176 Å². The Kier molecular flexibility index (Phi) is 7.55. The molecule has 0 aliphatic heterocycles. The highest BCUT2D eigenvalue weighted by Gasteiger charge is 2.37. The molecule has 0 atom stereocenters. The van der Waals surface area contributed by atoms with Crippen molar-refractivity contribution in [2.24, 2.45) is 0 Å². The van der Waals surface area contributed by atoms with E-state index in [9.17, 15) is 0 Å². The molecule has 0 unspecified atom stereocenters. The van der Waals surface area contributed by atoms with E-state index >= 15 is 0 Å². The van der Waals surface area contributed by atoms with Crippen molar-refractivity contribution in [2.75, 3.05) is 6.61 Å². The highest BCUT2D eigenvalue weighted by Crippen LogP contribution is 2.40. The quantitative estimate of drug-likeness (QED) is 0.174. The van der Waals surface area contributed by atoms with Gasteiger partial charge in [0.2, 0.25) is 0 Å². The van der Waals surface area contributed by atoms with E-state index < -0.39 is 5.41 Å². The summed E-state index contributed by atoms with van der Waals surface area (Å²) in [7, 11) is 0. The lowest BCUT2D eigenvalue weighted by Crippen LogP contribution is -2.36. The highest BCUT2D eigenvalue weighted by atomic mass is 16.5. The third-order valence-corrected chi connectivity index (χ3v) is 7.52. The Morgan fingerprint density at radius 1 is 0.375 bits per heavy atom. The van der Waals surface area contributed by atoms with Crippen LogP contribution in [0.25, 0.3) is 0 Å². The molecule has 1 radical (unpaired) electrons. The van der Waals surface area contributed by atoms with Crippen LogP contribution in [0.1, 0.15) is 33.4 Å². The summed E-state index contributed by atoms with van der Waals surface area (Å²) >= 11 is 0. The van der Waals surface area contributed by atoms with Crippen molar-refractivity contribution in [2.45, 2.75) is 5.41 Å². The first kappa shape index (κ1) is 25.4. The number of ether oxygens (including phenoxy) is 1. The molecule has 0 saturated heterocycles. The molecule has 0 heterocycles. The number of rotatable bonds is 9. The summed E-state index contributed by atoms with van der Waals surface area (Å²) in [5, 5.41) is 0. The summed E-state index contributed by atoms with van der Waals surface area (Å²) in [6.07, 6.45) is 0. The maximum Gasteiger partial charge on any atom is 0.119 e. The molecule has 0 aliphatic rings. The predicted octanol–water partition coefficient (Wildman–Crippen LogP) is 9.12. The third kappa shape index (κ3) is 5.19. The summed E-state index contributed by atoms with van der Waals surface area (Å²) in [5.74, 6) is 2.05. The van der Waals surface area contributed by atoms with Crippen LogP contribution in [-0.2, 0) is 5.41 Å². The van der Waals surface area contributed by atoms with Crippen molar-refractivity contribution < 1.29 is 4.74 Å². The van der Waals surface area contributed by atoms with Gasteiger partial charge in [-0.3, -0.25) is 0 Å². The second-order valence-corrected chi connectivity index (χ2v) is 9.92. The first-order chi connectivity index (χ1) is 19.8. The standard InChI is InChI=1S/C39H31O/c1-6-16-31(17-7-1)38(32-18-8-2-9-19-32)33-26-28-37(29-27-33)40-30-39(34-20-10-3-11-21-34,35-22-12-4-13-23-35)36-24-14-5-15-25-36/h1-29H,30H2. The molecular weight excluding hydrogens is 484 g/mol. The van der Waals surface area contributed by atoms with Crippen molar-refractivity contribution in [3.63, 3.8) is 0 Å². The Balaban J connectivity index is 1.36. The Hall–Kier alpha value is -4.88. The van der Waals surface area contributed by atoms with Gasteiger partial charge in [0, 0.05) is 0 Å². The van der Waals surface area contributed by atoms with Gasteiger partial charge in [-0.2, -0.15) is 0 Å². The minimum atomic E-state index is -0.464. The van der Waals surface area contributed by atoms with E-state index in [1.807, 2.05) is 0 Å². The lowest BCUT2D eigenvalue weighted by molar-refractivity contribution is 0.265. The van der Waals surface area contributed by atoms with E-state index in [1.54, 1.807) is 0 Å². The zero-order valence-corrected chi connectivity index (χ0v) is 22.4. The zero-order chi connectivity index (χ0) is 27.0. The van der Waals surface area contributed by atoms with Crippen molar-refractivity contribution in [1.82, 2.24) is 0 Å². The molecule has 0 aromatic heterocycles. The van der Waals surface area contributed by atoms with Crippen LogP contribution in [0.2, 0.25) is 0 Å². The van der Waals surface area contributed by atoms with Crippen LogP contribution >= 0.6 is 0 Å². The van der Waals surface area contributed by atoms with Gasteiger partial charge in [0.1, 0.15) is 12.4 Å². The Labute approximate surface area is 237 Å². The van der Waals surface area contributed by atoms with Gasteiger partial charge in [0.25, 0.3) is 0 Å². The van der Waals surface area contributed by atoms with Gasteiger partial charge in [-0.25, -0.2) is 0 Å². The van der Waals surface area contributed by atoms with Crippen LogP contribution in [0.4, 0.5) is 0 Å². The average Bonchev–Trinajstić information content (AvgIpc) is 3.05. The first-order valence-corrected chi connectivity index (χ1v) is 13.7. The van der Waals surface area contributed by atoms with Crippen molar-refractivity contribution in [3.8, 4) is 5.75 Å². The molecule has 6 rings (SSSR count). The number of hydrogen-bond acceptors (Lipinski definition) is 1. The molecule has 1 heteroatoms. The van der Waals surface area contributed by atoms with Crippen molar-refractivity contribution in [1.29, 1.82) is 0 Å². The lowest BCUT2D eigenvalue weighted by atomic mass is 9.70. The van der Waals surface area contributed by atoms with E-state index in [-0.39, 0.29) is 0 Å². The summed E-state index contributed by atoms with van der Waals surface area (Å²) in [5.41, 5.74) is 6.68. The summed E-state index contributed by atoms with van der Waals surface area (Å²) in [4.78, 5) is 0. The molecule has 0 N–H and O–H groups in total. The maximum absolute atomic E-state index is 6.67. The van der Waals surface area contributed by atoms with Gasteiger partial charge >= 0.3 is 0 Å². The van der Waals surface area contributed by atoms with Crippen LogP contribution in [-0.4, -0.2) is 6.61 Å². The molecule has 1 nitrogen and oxygen atoms in total. The van der Waals surface area contributed by atoms with Crippen LogP contribution in [0.5, 0.6) is 5.75 Å². The second-order valence-electron chi connectivity index (χ2n) is 9.92. The maximum atomic E-state index is 6.67. The van der Waals surface area contributed by atoms with E-state index in [2.05, 4.69) is 176 Å². The fourth-order valence-corrected chi connectivity index (χ4v) is 5.54. The van der Waals surface area contributed by atoms with Crippen LogP contribution in [0.3, 0.4) is 0 Å². The first-order valence-electron chi connectivity index (χ1n) is 13.7. The number of benzene rings is 6. The Bertz CT molecular complexity index is 1460. The van der Waals surface area contributed by atoms with E-state index in [1.165, 1.54) is 33.7 Å². The molecule has 40 heavy (non-hydrogen) atoms. The molecule has 0 aliphatic carbocycles. The molecule has 6 aromatic rings. The van der Waals surface area contributed by atoms with Crippen LogP contribution < -0.4 is 4.74 Å². The SMILES string of the molecule is c1ccc([C](c2ccccc2)c2ccc(OCC(c3ccccc3)(c3ccccc3)c3ccccc3)cc2)cc1. The number of hydrogen-bond donors (Lipinski definition) is 0. The molecule has 193 valence electrons. The second kappa shape index (κ2) is 11.9. The largest absolute Gasteiger partial charge is 0.492 e. The van der Waals surface area contributed by atoms with Crippen molar-refractivity contribution >= 4 is 0 Å². The van der Waals surface area contributed by atoms with Gasteiger partial charge in [0.15, 0.2) is 0 Å². The fourth-order valence-electron chi connectivity index (χ4n) is 5.54. The minimum absolute atomic E-state index is 0.464. The highest BCUT2D eigenvalue weighted by molar-refractivity contribution is 5.58. The topological polar surface area (TPSA) is 9.23 Å². The molecule has 0 amide bonds. The van der Waals surface area contributed by atoms with Crippen LogP contribution in [0, 0.1) is 5.92 Å². The van der Waals surface area contributed by atoms with E-state index in [0.717, 1.165) is 11.3 Å². The van der Waals surface area contributed by atoms with Gasteiger partial charge in [0.05, 0.1) is 11.3 Å². The van der Waals surface area contributed by atoms with E-state index in [0.29, 0.717) is 6.61 Å². The van der Waals surface area contributed by atoms with Gasteiger partial charge < -0.3 is 4.74 Å². The molecule has 6 aromatic carbocycles. The third-order valence-electron chi connectivity index (χ3n) is 7.52. The van der Waals surface area contributed by atoms with Gasteiger partial charge in [-0.1, -0.05) is 164 Å². The normalized spacial score (nSPS) is 11.3. The molecular formula is C39H31O. The smallest absolute Gasteiger partial charge is 0.119 e. The molecule has 0 bridgehead atoms. The van der Waals surface area contributed by atoms with Gasteiger partial charge in [-0.15, -0.1) is 0 Å². The Morgan fingerprint density at radius 2 is 0.700 bits per heavy atom. The Morgan fingerprint density at radius 3 is 1.07 bits per heavy atom. The zero-order valence-electron chi connectivity index (χ0n) is 22.4. The molecule has 0 spiro atoms. The average molecular weight is 516 g/mol. The lowest BCUT2D eigenvalue weighted by Gasteiger charge is -2.35. The van der Waals surface area contributed by atoms with Gasteiger partial charge in [-0.05, 0) is 45.5 Å². The van der Waals surface area contributed by atoms with E-state index in [4.69, 9.17) is 4.74 Å². The monoisotopic (exact) mass is 515 g/mol. The summed E-state index contributed by atoms with van der Waals surface area (Å²) < 4.78 is 6.67. The fraction of sp³-hybridized carbons (Fsp3) is 0.0513. The molecule has 0 saturated carbocycles. The summed E-state index contributed by atoms with van der Waals surface area (Å²) in [6.45, 7) is 0.471. The summed E-state index contributed by atoms with van der Waals surface area (Å²) in [6, 6.07) is 61.7. The van der Waals surface area contributed by atoms with Crippen molar-refractivity contribution in [3.05, 3.63) is 215 Å².